The van der Waals surface area contributed by atoms with Gasteiger partial charge in [0.25, 0.3) is 5.91 Å². The molecule has 252 valence electrons. The smallest absolute Gasteiger partial charge is 0.253 e. The fourth-order valence-electron chi connectivity index (χ4n) is 8.31. The van der Waals surface area contributed by atoms with E-state index in [0.717, 1.165) is 24.3 Å². The molecule has 0 aliphatic carbocycles. The molecule has 5 rings (SSSR count). The number of anilines is 2. The van der Waals surface area contributed by atoms with E-state index in [9.17, 15) is 19.5 Å². The summed E-state index contributed by atoms with van der Waals surface area (Å²) in [7, 11) is 0. The van der Waals surface area contributed by atoms with Gasteiger partial charge in [-0.15, -0.1) is 13.2 Å². The second-order valence-electron chi connectivity index (χ2n) is 13.4. The number of benzene rings is 2. The van der Waals surface area contributed by atoms with Crippen LogP contribution in [0.2, 0.25) is 0 Å². The summed E-state index contributed by atoms with van der Waals surface area (Å²) in [5, 5.41) is 10.4. The highest BCUT2D eigenvalue weighted by atomic mass is 16.5. The van der Waals surface area contributed by atoms with Crippen molar-refractivity contribution >= 4 is 29.1 Å². The normalized spacial score (nSPS) is 28.1. The molecular formula is C38H50N4O5. The number of ether oxygens (including phenoxy) is 1. The van der Waals surface area contributed by atoms with E-state index in [1.54, 1.807) is 28.9 Å². The van der Waals surface area contributed by atoms with Crippen molar-refractivity contribution in [3.8, 4) is 0 Å². The topological polar surface area (TPSA) is 93.6 Å². The van der Waals surface area contributed by atoms with Crippen molar-refractivity contribution in [3.05, 3.63) is 85.5 Å². The molecular weight excluding hydrogens is 592 g/mol. The maximum Gasteiger partial charge on any atom is 0.253 e. The minimum Gasteiger partial charge on any atom is -0.394 e. The van der Waals surface area contributed by atoms with Gasteiger partial charge in [-0.3, -0.25) is 14.4 Å². The van der Waals surface area contributed by atoms with E-state index in [2.05, 4.69) is 31.9 Å². The van der Waals surface area contributed by atoms with Crippen molar-refractivity contribution in [2.75, 3.05) is 42.6 Å². The molecule has 3 saturated heterocycles. The van der Waals surface area contributed by atoms with Crippen molar-refractivity contribution in [2.24, 2.45) is 17.8 Å². The molecule has 3 heterocycles. The minimum absolute atomic E-state index is 0.108. The molecule has 0 saturated carbocycles. The largest absolute Gasteiger partial charge is 0.394 e. The summed E-state index contributed by atoms with van der Waals surface area (Å²) >= 11 is 0. The van der Waals surface area contributed by atoms with Gasteiger partial charge in [0.05, 0.1) is 30.1 Å². The van der Waals surface area contributed by atoms with Gasteiger partial charge in [0.15, 0.2) is 0 Å². The molecule has 2 aromatic carbocycles. The zero-order chi connectivity index (χ0) is 34.1. The summed E-state index contributed by atoms with van der Waals surface area (Å²) in [5.74, 6) is -2.62. The lowest BCUT2D eigenvalue weighted by Crippen LogP contribution is -2.58. The summed E-state index contributed by atoms with van der Waals surface area (Å²) in [6.45, 7) is 20.0. The van der Waals surface area contributed by atoms with Crippen LogP contribution in [-0.4, -0.2) is 88.7 Å². The molecule has 3 aliphatic heterocycles. The predicted molar refractivity (Wildman–Crippen MR) is 185 cm³/mol. The van der Waals surface area contributed by atoms with Crippen LogP contribution in [0.5, 0.6) is 0 Å². The zero-order valence-electron chi connectivity index (χ0n) is 28.5. The highest BCUT2D eigenvalue weighted by Crippen LogP contribution is 2.66. The van der Waals surface area contributed by atoms with Gasteiger partial charge >= 0.3 is 0 Å². The van der Waals surface area contributed by atoms with Crippen molar-refractivity contribution in [2.45, 2.75) is 70.9 Å². The SMILES string of the molecule is C=CCN(Cc1ccccc1)C(=O)[C@@H]1[C@H]2C(=O)N([C@H](C)CO)C(C(=O)N(CC=C)c3ccc(N(CC)CC)cc3)C23CC(C)[C@@]1(C)O3. The lowest BCUT2D eigenvalue weighted by Gasteiger charge is -2.39. The van der Waals surface area contributed by atoms with Gasteiger partial charge < -0.3 is 29.4 Å². The van der Waals surface area contributed by atoms with Crippen LogP contribution in [0.3, 0.4) is 0 Å². The average molecular weight is 643 g/mol. The molecule has 3 aliphatic rings. The standard InChI is InChI=1S/C38H50N4O5/c1-8-21-40(24-28-15-13-12-14-16-28)34(44)31-32-35(45)42(27(6)25-43)33(38(32)23-26(5)37(31,7)47-38)36(46)41(22-9-2)30-19-17-29(18-20-30)39(10-3)11-4/h8-9,12-20,26-27,31-33,43H,1-2,10-11,21-25H2,3-7H3/t26?,27-,31+,32+,33?,37-,38?/m1/s1. The Bertz CT molecular complexity index is 1480. The van der Waals surface area contributed by atoms with E-state index in [0.29, 0.717) is 25.2 Å². The van der Waals surface area contributed by atoms with Gasteiger partial charge in [0.1, 0.15) is 11.6 Å². The van der Waals surface area contributed by atoms with Crippen LogP contribution < -0.4 is 9.80 Å². The molecule has 7 atom stereocenters. The van der Waals surface area contributed by atoms with E-state index >= 15 is 0 Å². The molecule has 0 aromatic heterocycles. The Hall–Kier alpha value is -3.95. The first-order chi connectivity index (χ1) is 22.5. The quantitative estimate of drug-likeness (QED) is 0.302. The fraction of sp³-hybridized carbons (Fsp3) is 0.500. The van der Waals surface area contributed by atoms with E-state index in [4.69, 9.17) is 4.74 Å². The third-order valence-corrected chi connectivity index (χ3v) is 10.7. The van der Waals surface area contributed by atoms with Crippen LogP contribution in [0.1, 0.15) is 46.6 Å². The molecule has 2 bridgehead atoms. The number of hydrogen-bond donors (Lipinski definition) is 1. The monoisotopic (exact) mass is 642 g/mol. The van der Waals surface area contributed by atoms with Crippen LogP contribution in [0.4, 0.5) is 11.4 Å². The van der Waals surface area contributed by atoms with Gasteiger partial charge in [-0.1, -0.05) is 49.4 Å². The van der Waals surface area contributed by atoms with Gasteiger partial charge in [-0.2, -0.15) is 0 Å². The van der Waals surface area contributed by atoms with E-state index in [1.165, 1.54) is 4.90 Å². The van der Waals surface area contributed by atoms with Crippen LogP contribution in [0.25, 0.3) is 0 Å². The third-order valence-electron chi connectivity index (χ3n) is 10.7. The highest BCUT2D eigenvalue weighted by molar-refractivity contribution is 6.05. The zero-order valence-corrected chi connectivity index (χ0v) is 28.5. The van der Waals surface area contributed by atoms with Crippen molar-refractivity contribution < 1.29 is 24.2 Å². The molecule has 9 nitrogen and oxygen atoms in total. The van der Waals surface area contributed by atoms with Crippen LogP contribution in [0, 0.1) is 17.8 Å². The molecule has 3 fully saturated rings. The second-order valence-corrected chi connectivity index (χ2v) is 13.4. The number of amides is 3. The summed E-state index contributed by atoms with van der Waals surface area (Å²) in [6.07, 6.45) is 3.80. The number of hydrogen-bond acceptors (Lipinski definition) is 6. The Morgan fingerprint density at radius 2 is 1.64 bits per heavy atom. The number of aliphatic hydroxyl groups excluding tert-OH is 1. The van der Waals surface area contributed by atoms with Gasteiger partial charge in [-0.25, -0.2) is 0 Å². The Morgan fingerprint density at radius 1 is 1.02 bits per heavy atom. The number of carbonyl (C=O) groups is 3. The average Bonchev–Trinajstić information content (AvgIpc) is 3.60. The van der Waals surface area contributed by atoms with Crippen molar-refractivity contribution in [3.63, 3.8) is 0 Å². The molecule has 1 N–H and O–H groups in total. The molecule has 9 heteroatoms. The van der Waals surface area contributed by atoms with Gasteiger partial charge in [-0.05, 0) is 69.9 Å². The molecule has 47 heavy (non-hydrogen) atoms. The predicted octanol–water partition coefficient (Wildman–Crippen LogP) is 4.66. The Labute approximate surface area is 279 Å². The summed E-state index contributed by atoms with van der Waals surface area (Å²) < 4.78 is 6.97. The van der Waals surface area contributed by atoms with Gasteiger partial charge in [0, 0.05) is 44.1 Å². The number of carbonyl (C=O) groups excluding carboxylic acids is 3. The molecule has 3 unspecified atom stereocenters. The first-order valence-corrected chi connectivity index (χ1v) is 16.9. The number of aliphatic hydroxyl groups is 1. The first-order valence-electron chi connectivity index (χ1n) is 16.9. The number of rotatable bonds is 14. The van der Waals surface area contributed by atoms with E-state index < -0.39 is 35.1 Å². The Morgan fingerprint density at radius 3 is 2.21 bits per heavy atom. The maximum absolute atomic E-state index is 14.9. The van der Waals surface area contributed by atoms with Crippen molar-refractivity contribution in [1.29, 1.82) is 0 Å². The summed E-state index contributed by atoms with van der Waals surface area (Å²) in [5.41, 5.74) is 0.492. The van der Waals surface area contributed by atoms with Crippen LogP contribution in [0.15, 0.2) is 79.9 Å². The lowest BCUT2D eigenvalue weighted by atomic mass is 9.62. The molecule has 2 aromatic rings. The third kappa shape index (κ3) is 5.67. The van der Waals surface area contributed by atoms with Crippen LogP contribution in [-0.2, 0) is 25.7 Å². The minimum atomic E-state index is -1.24. The first kappa shape index (κ1) is 34.4. The number of likely N-dealkylation sites (tertiary alicyclic amines) is 1. The van der Waals surface area contributed by atoms with Crippen LogP contribution >= 0.6 is 0 Å². The van der Waals surface area contributed by atoms with Crippen molar-refractivity contribution in [1.82, 2.24) is 9.80 Å². The van der Waals surface area contributed by atoms with E-state index in [1.807, 2.05) is 68.4 Å². The number of fused-ring (bicyclic) bond motifs is 1. The number of nitrogens with zero attached hydrogens (tertiary/aromatic N) is 4. The summed E-state index contributed by atoms with van der Waals surface area (Å²) in [6, 6.07) is 15.9. The summed E-state index contributed by atoms with van der Waals surface area (Å²) in [4.78, 5) is 51.3. The lowest BCUT2D eigenvalue weighted by molar-refractivity contribution is -0.153. The van der Waals surface area contributed by atoms with E-state index in [-0.39, 0.29) is 36.8 Å². The molecule has 0 radical (unpaired) electrons. The molecule has 3 amide bonds. The Kier molecular flexibility index (Phi) is 9.99. The maximum atomic E-state index is 14.9. The van der Waals surface area contributed by atoms with Gasteiger partial charge in [0.2, 0.25) is 11.8 Å². The highest BCUT2D eigenvalue weighted by Gasteiger charge is 2.80. The molecule has 1 spiro atoms. The second kappa shape index (κ2) is 13.6. The fourth-order valence-corrected chi connectivity index (χ4v) is 8.31. The Balaban J connectivity index is 1.57.